The number of hydrogen-bond acceptors (Lipinski definition) is 5. The first-order valence-corrected chi connectivity index (χ1v) is 6.90. The fourth-order valence-electron chi connectivity index (χ4n) is 1.85. The molecule has 8 heteroatoms. The Balaban J connectivity index is 2.70. The molecule has 2 atom stereocenters. The van der Waals surface area contributed by atoms with Crippen LogP contribution in [0.3, 0.4) is 0 Å². The molecule has 2 unspecified atom stereocenters. The normalized spacial score (nSPS) is 26.5. The van der Waals surface area contributed by atoms with Crippen LogP contribution in [0.4, 0.5) is 4.79 Å². The fourth-order valence-corrected chi connectivity index (χ4v) is 3.01. The zero-order valence-corrected chi connectivity index (χ0v) is 10.9. The third kappa shape index (κ3) is 3.55. The van der Waals surface area contributed by atoms with Crippen molar-refractivity contribution < 1.29 is 17.9 Å². The summed E-state index contributed by atoms with van der Waals surface area (Å²) in [5.41, 5.74) is 5.59. The number of ether oxygens (including phenoxy) is 1. The van der Waals surface area contributed by atoms with Gasteiger partial charge in [0.15, 0.2) is 0 Å². The highest BCUT2D eigenvalue weighted by atomic mass is 32.2. The molecule has 3 N–H and O–H groups in total. The van der Waals surface area contributed by atoms with E-state index in [1.165, 1.54) is 4.31 Å². The van der Waals surface area contributed by atoms with Crippen molar-refractivity contribution in [2.75, 3.05) is 26.7 Å². The highest BCUT2D eigenvalue weighted by Gasteiger charge is 2.33. The van der Waals surface area contributed by atoms with Gasteiger partial charge < -0.3 is 10.5 Å². The second-order valence-corrected chi connectivity index (χ2v) is 5.89. The molecule has 0 aliphatic carbocycles. The molecule has 7 nitrogen and oxygen atoms in total. The summed E-state index contributed by atoms with van der Waals surface area (Å²) in [6.45, 7) is 3.22. The number of carbonyl (C=O) groups excluding carboxylic acids is 1. The Morgan fingerprint density at radius 3 is 2.76 bits per heavy atom. The quantitative estimate of drug-likeness (QED) is 0.716. The van der Waals surface area contributed by atoms with Gasteiger partial charge in [-0.2, -0.15) is 12.7 Å². The average molecular weight is 265 g/mol. The van der Waals surface area contributed by atoms with E-state index in [1.54, 1.807) is 0 Å². The molecule has 0 aromatic carbocycles. The predicted molar refractivity (Wildman–Crippen MR) is 62.4 cm³/mol. The van der Waals surface area contributed by atoms with Crippen molar-refractivity contribution in [1.29, 1.82) is 0 Å². The van der Waals surface area contributed by atoms with Gasteiger partial charge in [-0.1, -0.05) is 6.92 Å². The van der Waals surface area contributed by atoms with E-state index in [4.69, 9.17) is 5.73 Å². The topological polar surface area (TPSA) is 102 Å². The van der Waals surface area contributed by atoms with Gasteiger partial charge in [0, 0.05) is 13.1 Å². The maximum Gasteiger partial charge on any atom is 0.421 e. The first kappa shape index (κ1) is 14.2. The fraction of sp³-hybridized carbons (Fsp3) is 0.889. The van der Waals surface area contributed by atoms with Gasteiger partial charge in [-0.05, 0) is 24.8 Å². The van der Waals surface area contributed by atoms with Crippen molar-refractivity contribution in [3.05, 3.63) is 0 Å². The lowest BCUT2D eigenvalue weighted by Gasteiger charge is -2.35. The Hall–Kier alpha value is -0.860. The van der Waals surface area contributed by atoms with Crippen LogP contribution in [-0.4, -0.2) is 45.6 Å². The molecule has 1 saturated heterocycles. The van der Waals surface area contributed by atoms with Crippen molar-refractivity contribution in [3.8, 4) is 0 Å². The van der Waals surface area contributed by atoms with E-state index in [9.17, 15) is 13.2 Å². The third-order valence-corrected chi connectivity index (χ3v) is 4.55. The van der Waals surface area contributed by atoms with E-state index in [1.807, 2.05) is 4.72 Å². The minimum absolute atomic E-state index is 0.123. The Kier molecular flexibility index (Phi) is 4.72. The van der Waals surface area contributed by atoms with Crippen molar-refractivity contribution in [3.63, 3.8) is 0 Å². The Morgan fingerprint density at radius 2 is 2.24 bits per heavy atom. The van der Waals surface area contributed by atoms with Crippen LogP contribution in [0.15, 0.2) is 0 Å². The average Bonchev–Trinajstić information content (AvgIpc) is 2.28. The standard InChI is InChI=1S/C9H19N3O4S/c1-7-3-4-12(6-8(7)5-10)17(14,15)11-9(13)16-2/h7-8H,3-6,10H2,1-2H3,(H,11,13). The highest BCUT2D eigenvalue weighted by molar-refractivity contribution is 7.87. The Bertz CT molecular complexity index is 370. The number of hydrogen-bond donors (Lipinski definition) is 2. The lowest BCUT2D eigenvalue weighted by Crippen LogP contribution is -2.50. The number of methoxy groups -OCH3 is 1. The molecule has 0 bridgehead atoms. The highest BCUT2D eigenvalue weighted by Crippen LogP contribution is 2.23. The van der Waals surface area contributed by atoms with Crippen molar-refractivity contribution in [2.24, 2.45) is 17.6 Å². The number of carbonyl (C=O) groups is 1. The molecule has 1 aliphatic heterocycles. The molecule has 0 saturated carbocycles. The van der Waals surface area contributed by atoms with Crippen molar-refractivity contribution >= 4 is 16.3 Å². The molecule has 1 fully saturated rings. The van der Waals surface area contributed by atoms with Gasteiger partial charge >= 0.3 is 16.3 Å². The monoisotopic (exact) mass is 265 g/mol. The van der Waals surface area contributed by atoms with E-state index in [2.05, 4.69) is 11.7 Å². The number of piperidine rings is 1. The van der Waals surface area contributed by atoms with Crippen LogP contribution in [0.25, 0.3) is 0 Å². The van der Waals surface area contributed by atoms with Crippen LogP contribution >= 0.6 is 0 Å². The SMILES string of the molecule is COC(=O)NS(=O)(=O)N1CCC(C)C(CN)C1. The zero-order chi connectivity index (χ0) is 13.1. The molecule has 0 aromatic rings. The van der Waals surface area contributed by atoms with Gasteiger partial charge in [-0.3, -0.25) is 0 Å². The van der Waals surface area contributed by atoms with Crippen LogP contribution in [0, 0.1) is 11.8 Å². The van der Waals surface area contributed by atoms with Gasteiger partial charge in [0.2, 0.25) is 0 Å². The molecule has 1 rings (SSSR count). The summed E-state index contributed by atoms with van der Waals surface area (Å²) in [5.74, 6) is 0.516. The zero-order valence-electron chi connectivity index (χ0n) is 10.0. The van der Waals surface area contributed by atoms with E-state index < -0.39 is 16.3 Å². The van der Waals surface area contributed by atoms with Crippen LogP contribution in [0.2, 0.25) is 0 Å². The van der Waals surface area contributed by atoms with Crippen molar-refractivity contribution in [2.45, 2.75) is 13.3 Å². The maximum atomic E-state index is 11.8. The largest absolute Gasteiger partial charge is 0.452 e. The number of nitrogens with two attached hydrogens (primary N) is 1. The molecule has 0 radical (unpaired) electrons. The smallest absolute Gasteiger partial charge is 0.421 e. The lowest BCUT2D eigenvalue weighted by atomic mass is 9.88. The Morgan fingerprint density at radius 1 is 1.59 bits per heavy atom. The molecule has 1 amide bonds. The van der Waals surface area contributed by atoms with Crippen LogP contribution in [0.1, 0.15) is 13.3 Å². The van der Waals surface area contributed by atoms with E-state index in [-0.39, 0.29) is 5.92 Å². The van der Waals surface area contributed by atoms with E-state index >= 15 is 0 Å². The number of nitrogens with one attached hydrogen (secondary N) is 1. The minimum atomic E-state index is -3.81. The van der Waals surface area contributed by atoms with Crippen LogP contribution < -0.4 is 10.5 Å². The number of rotatable bonds is 3. The molecule has 1 heterocycles. The molecule has 1 aliphatic rings. The van der Waals surface area contributed by atoms with Gasteiger partial charge in [-0.25, -0.2) is 9.52 Å². The third-order valence-electron chi connectivity index (χ3n) is 3.12. The number of nitrogens with zero attached hydrogens (tertiary/aromatic N) is 1. The summed E-state index contributed by atoms with van der Waals surface area (Å²) in [6, 6.07) is 0. The minimum Gasteiger partial charge on any atom is -0.452 e. The predicted octanol–water partition coefficient (Wildman–Crippen LogP) is -0.496. The van der Waals surface area contributed by atoms with E-state index in [0.717, 1.165) is 13.5 Å². The van der Waals surface area contributed by atoms with Crippen molar-refractivity contribution in [1.82, 2.24) is 9.03 Å². The van der Waals surface area contributed by atoms with Gasteiger partial charge in [0.05, 0.1) is 7.11 Å². The van der Waals surface area contributed by atoms with Crippen LogP contribution in [-0.2, 0) is 14.9 Å². The summed E-state index contributed by atoms with van der Waals surface area (Å²) < 4.78 is 30.9. The van der Waals surface area contributed by atoms with E-state index in [0.29, 0.717) is 25.6 Å². The molecule has 0 aromatic heterocycles. The van der Waals surface area contributed by atoms with Gasteiger partial charge in [-0.15, -0.1) is 0 Å². The molecule has 100 valence electrons. The summed E-state index contributed by atoms with van der Waals surface area (Å²) in [7, 11) is -2.69. The summed E-state index contributed by atoms with van der Waals surface area (Å²) in [6.07, 6.45) is -0.239. The second-order valence-electron chi connectivity index (χ2n) is 4.22. The molecule has 17 heavy (non-hydrogen) atoms. The first-order valence-electron chi connectivity index (χ1n) is 5.46. The van der Waals surface area contributed by atoms with Crippen LogP contribution in [0.5, 0.6) is 0 Å². The lowest BCUT2D eigenvalue weighted by molar-refractivity contribution is 0.173. The first-order chi connectivity index (χ1) is 7.90. The molecule has 0 spiro atoms. The summed E-state index contributed by atoms with van der Waals surface area (Å²) in [4.78, 5) is 10.9. The van der Waals surface area contributed by atoms with Gasteiger partial charge in [0.1, 0.15) is 0 Å². The maximum absolute atomic E-state index is 11.8. The molecular formula is C9H19N3O4S. The summed E-state index contributed by atoms with van der Waals surface area (Å²) in [5, 5.41) is 0. The Labute approximate surface area is 101 Å². The second kappa shape index (κ2) is 5.65. The number of amides is 1. The summed E-state index contributed by atoms with van der Waals surface area (Å²) >= 11 is 0. The molecular weight excluding hydrogens is 246 g/mol. The van der Waals surface area contributed by atoms with Gasteiger partial charge in [0.25, 0.3) is 0 Å².